The van der Waals surface area contributed by atoms with Gasteiger partial charge in [-0.15, -0.1) is 0 Å². The molecule has 8 heteroatoms. The molecule has 0 aliphatic heterocycles. The van der Waals surface area contributed by atoms with Crippen LogP contribution in [0.25, 0.3) is 0 Å². The Bertz CT molecular complexity index is 896. The Kier molecular flexibility index (Phi) is 5.53. The topological polar surface area (TPSA) is 81.7 Å². The average molecular weight is 379 g/mol. The predicted molar refractivity (Wildman–Crippen MR) is 92.0 cm³/mol. The van der Waals surface area contributed by atoms with Crippen molar-refractivity contribution < 1.29 is 27.1 Å². The number of hydrogen-bond donors (Lipinski definition) is 1. The Labute approximate surface area is 151 Å². The highest BCUT2D eigenvalue weighted by molar-refractivity contribution is 7.89. The van der Waals surface area contributed by atoms with Crippen molar-refractivity contribution in [3.8, 4) is 5.75 Å². The van der Waals surface area contributed by atoms with Gasteiger partial charge < -0.3 is 9.47 Å². The maximum absolute atomic E-state index is 13.4. The molecule has 0 radical (unpaired) electrons. The second-order valence-corrected chi connectivity index (χ2v) is 7.55. The van der Waals surface area contributed by atoms with Crippen molar-refractivity contribution in [3.63, 3.8) is 0 Å². The Balaban J connectivity index is 1.54. The van der Waals surface area contributed by atoms with Gasteiger partial charge in [-0.3, -0.25) is 0 Å². The van der Waals surface area contributed by atoms with Gasteiger partial charge in [0.15, 0.2) is 11.6 Å². The number of carbonyl (C=O) groups is 1. The van der Waals surface area contributed by atoms with Gasteiger partial charge in [-0.2, -0.15) is 0 Å². The molecular weight excluding hydrogens is 361 g/mol. The zero-order chi connectivity index (χ0) is 18.6. The summed E-state index contributed by atoms with van der Waals surface area (Å²) >= 11 is 0. The number of sulfonamides is 1. The van der Waals surface area contributed by atoms with E-state index in [2.05, 4.69) is 4.72 Å². The fourth-order valence-corrected chi connectivity index (χ4v) is 3.56. The Morgan fingerprint density at radius 1 is 1.12 bits per heavy atom. The molecular formula is C18H18FNO5S. The number of ether oxygens (including phenoxy) is 2. The molecule has 1 saturated carbocycles. The molecule has 6 nitrogen and oxygen atoms in total. The first-order chi connectivity index (χ1) is 12.5. The number of carbonyl (C=O) groups excluding carboxylic acids is 1. The van der Waals surface area contributed by atoms with Crippen molar-refractivity contribution in [1.82, 2.24) is 4.72 Å². The van der Waals surface area contributed by atoms with E-state index in [0.29, 0.717) is 0 Å². The molecule has 1 N–H and O–H groups in total. The van der Waals surface area contributed by atoms with Gasteiger partial charge in [-0.25, -0.2) is 22.3 Å². The summed E-state index contributed by atoms with van der Waals surface area (Å²) in [6, 6.07) is 11.5. The highest BCUT2D eigenvalue weighted by Crippen LogP contribution is 2.22. The number of hydrogen-bond acceptors (Lipinski definition) is 5. The standard InChI is InChI=1S/C18H18FNO5S/c19-16-6-1-2-7-17(16)24-10-11-25-18(21)13-4-3-5-15(12-13)26(22,23)20-14-8-9-14/h1-7,12,14,20H,8-11H2. The highest BCUT2D eigenvalue weighted by Gasteiger charge is 2.28. The van der Waals surface area contributed by atoms with Gasteiger partial charge in [0, 0.05) is 6.04 Å². The summed E-state index contributed by atoms with van der Waals surface area (Å²) in [5.74, 6) is -1.10. The molecule has 26 heavy (non-hydrogen) atoms. The molecule has 138 valence electrons. The summed E-state index contributed by atoms with van der Waals surface area (Å²) in [4.78, 5) is 12.1. The van der Waals surface area contributed by atoms with Crippen LogP contribution in [-0.2, 0) is 14.8 Å². The monoisotopic (exact) mass is 379 g/mol. The lowest BCUT2D eigenvalue weighted by atomic mass is 10.2. The zero-order valence-corrected chi connectivity index (χ0v) is 14.7. The molecule has 0 aromatic heterocycles. The van der Waals surface area contributed by atoms with Gasteiger partial charge in [0.2, 0.25) is 10.0 Å². The molecule has 0 heterocycles. The summed E-state index contributed by atoms with van der Waals surface area (Å²) in [7, 11) is -3.64. The molecule has 1 aliphatic carbocycles. The molecule has 1 aliphatic rings. The second-order valence-electron chi connectivity index (χ2n) is 5.84. The van der Waals surface area contributed by atoms with Crippen LogP contribution in [0.1, 0.15) is 23.2 Å². The Morgan fingerprint density at radius 3 is 2.62 bits per heavy atom. The summed E-state index contributed by atoms with van der Waals surface area (Å²) in [5.41, 5.74) is 0.120. The van der Waals surface area contributed by atoms with Crippen molar-refractivity contribution >= 4 is 16.0 Å². The van der Waals surface area contributed by atoms with Crippen LogP contribution in [0.2, 0.25) is 0 Å². The third-order valence-corrected chi connectivity index (χ3v) is 5.21. The number of esters is 1. The van der Waals surface area contributed by atoms with E-state index in [1.165, 1.54) is 36.4 Å². The van der Waals surface area contributed by atoms with Gasteiger partial charge in [0.25, 0.3) is 0 Å². The maximum atomic E-state index is 13.4. The number of halogens is 1. The molecule has 0 saturated heterocycles. The van der Waals surface area contributed by atoms with Crippen LogP contribution in [0.3, 0.4) is 0 Å². The smallest absolute Gasteiger partial charge is 0.338 e. The van der Waals surface area contributed by atoms with Gasteiger partial charge in [-0.1, -0.05) is 18.2 Å². The van der Waals surface area contributed by atoms with Crippen molar-refractivity contribution in [3.05, 3.63) is 59.9 Å². The first-order valence-electron chi connectivity index (χ1n) is 8.12. The number of benzene rings is 2. The minimum Gasteiger partial charge on any atom is -0.487 e. The summed E-state index contributed by atoms with van der Waals surface area (Å²) in [6.45, 7) is -0.113. The number of rotatable bonds is 8. The van der Waals surface area contributed by atoms with Crippen LogP contribution < -0.4 is 9.46 Å². The second kappa shape index (κ2) is 7.84. The van der Waals surface area contributed by atoms with Crippen LogP contribution in [-0.4, -0.2) is 33.6 Å². The molecule has 2 aromatic rings. The molecule has 1 fully saturated rings. The van der Waals surface area contributed by atoms with Crippen LogP contribution in [0.15, 0.2) is 53.4 Å². The largest absolute Gasteiger partial charge is 0.487 e. The highest BCUT2D eigenvalue weighted by atomic mass is 32.2. The lowest BCUT2D eigenvalue weighted by Crippen LogP contribution is -2.26. The van der Waals surface area contributed by atoms with Crippen molar-refractivity contribution in [1.29, 1.82) is 0 Å². The fraction of sp³-hybridized carbons (Fsp3) is 0.278. The normalized spacial score (nSPS) is 14.0. The first-order valence-corrected chi connectivity index (χ1v) is 9.61. The Hall–Kier alpha value is -2.45. The third kappa shape index (κ3) is 4.80. The summed E-state index contributed by atoms with van der Waals surface area (Å²) in [6.07, 6.45) is 1.64. The third-order valence-electron chi connectivity index (χ3n) is 3.69. The predicted octanol–water partition coefficient (Wildman–Crippen LogP) is 2.50. The van der Waals surface area contributed by atoms with E-state index in [4.69, 9.17) is 9.47 Å². The SMILES string of the molecule is O=C(OCCOc1ccccc1F)c1cccc(S(=O)(=O)NC2CC2)c1. The summed E-state index contributed by atoms with van der Waals surface area (Å²) < 4.78 is 50.6. The lowest BCUT2D eigenvalue weighted by Gasteiger charge is -2.09. The molecule has 3 rings (SSSR count). The molecule has 0 unspecified atom stereocenters. The zero-order valence-electron chi connectivity index (χ0n) is 13.9. The molecule has 0 amide bonds. The van der Waals surface area contributed by atoms with E-state index in [-0.39, 0.29) is 35.5 Å². The van der Waals surface area contributed by atoms with Crippen molar-refractivity contribution in [2.45, 2.75) is 23.8 Å². The van der Waals surface area contributed by atoms with E-state index < -0.39 is 21.8 Å². The van der Waals surface area contributed by atoms with Crippen LogP contribution in [0, 0.1) is 5.82 Å². The minimum absolute atomic E-state index is 0.0152. The molecule has 0 bridgehead atoms. The van der Waals surface area contributed by atoms with E-state index in [1.807, 2.05) is 0 Å². The Morgan fingerprint density at radius 2 is 1.88 bits per heavy atom. The van der Waals surface area contributed by atoms with Crippen molar-refractivity contribution in [2.75, 3.05) is 13.2 Å². The van der Waals surface area contributed by atoms with Crippen LogP contribution in [0.4, 0.5) is 4.39 Å². The van der Waals surface area contributed by atoms with E-state index in [1.54, 1.807) is 12.1 Å². The van der Waals surface area contributed by atoms with E-state index >= 15 is 0 Å². The van der Waals surface area contributed by atoms with Gasteiger partial charge in [0.05, 0.1) is 10.5 Å². The van der Waals surface area contributed by atoms with Gasteiger partial charge >= 0.3 is 5.97 Å². The molecule has 0 spiro atoms. The van der Waals surface area contributed by atoms with E-state index in [0.717, 1.165) is 12.8 Å². The minimum atomic E-state index is -3.64. The van der Waals surface area contributed by atoms with Crippen LogP contribution in [0.5, 0.6) is 5.75 Å². The lowest BCUT2D eigenvalue weighted by molar-refractivity contribution is 0.0448. The van der Waals surface area contributed by atoms with Crippen molar-refractivity contribution in [2.24, 2.45) is 0 Å². The average Bonchev–Trinajstić information content (AvgIpc) is 3.43. The maximum Gasteiger partial charge on any atom is 0.338 e. The van der Waals surface area contributed by atoms with Gasteiger partial charge in [0.1, 0.15) is 13.2 Å². The first kappa shape index (κ1) is 18.3. The number of para-hydroxylation sites is 1. The van der Waals surface area contributed by atoms with E-state index in [9.17, 15) is 17.6 Å². The molecule has 0 atom stereocenters. The molecule has 2 aromatic carbocycles. The number of nitrogens with one attached hydrogen (secondary N) is 1. The quantitative estimate of drug-likeness (QED) is 0.563. The van der Waals surface area contributed by atoms with Gasteiger partial charge in [-0.05, 0) is 43.2 Å². The summed E-state index contributed by atoms with van der Waals surface area (Å²) in [5, 5.41) is 0. The fourth-order valence-electron chi connectivity index (χ4n) is 2.21. The van der Waals surface area contributed by atoms with Crippen LogP contribution >= 0.6 is 0 Å².